The molecule has 0 unspecified atom stereocenters. The number of halogens is 2. The van der Waals surface area contributed by atoms with Gasteiger partial charge in [0.1, 0.15) is 0 Å². The number of H-pyrrole nitrogens is 1. The number of ether oxygens (including phenoxy) is 1. The number of carbonyl (C=O) groups is 1. The highest BCUT2D eigenvalue weighted by Gasteiger charge is 2.16. The van der Waals surface area contributed by atoms with Crippen LogP contribution in [0.1, 0.15) is 31.2 Å². The Balaban J connectivity index is 1.61. The number of carbonyl (C=O) groups excluding carboxylic acids is 1. The Morgan fingerprint density at radius 2 is 1.96 bits per heavy atom. The maximum atomic E-state index is 11.1. The lowest BCUT2D eigenvalue weighted by Crippen LogP contribution is -3.41. The molecule has 27 heavy (non-hydrogen) atoms. The molecule has 0 aliphatic carbocycles. The summed E-state index contributed by atoms with van der Waals surface area (Å²) in [6.45, 7) is 3.62. The van der Waals surface area contributed by atoms with E-state index in [0.29, 0.717) is 16.5 Å². The monoisotopic (exact) mass is 495 g/mol. The molecule has 141 valence electrons. The predicted molar refractivity (Wildman–Crippen MR) is 101 cm³/mol. The van der Waals surface area contributed by atoms with Crippen LogP contribution in [-0.2, 0) is 4.79 Å². The Bertz CT molecular complexity index is 979. The van der Waals surface area contributed by atoms with Gasteiger partial charge < -0.3 is 35.7 Å². The highest BCUT2D eigenvalue weighted by molar-refractivity contribution is 6.34. The van der Waals surface area contributed by atoms with E-state index in [2.05, 4.69) is 60.2 Å². The lowest BCUT2D eigenvalue weighted by Gasteiger charge is -2.37. The summed E-state index contributed by atoms with van der Waals surface area (Å²) in [7, 11) is 0. The van der Waals surface area contributed by atoms with E-state index in [1.165, 1.54) is 25.3 Å². The third-order valence-electron chi connectivity index (χ3n) is 4.92. The maximum absolute atomic E-state index is 11.1. The molecule has 1 aliphatic heterocycles. The molecule has 1 aliphatic rings. The minimum Gasteiger partial charge on any atom is -0.699 e. The van der Waals surface area contributed by atoms with Crippen molar-refractivity contribution in [3.8, 4) is 17.1 Å². The molecule has 0 atom stereocenters. The lowest BCUT2D eigenvalue weighted by molar-refractivity contribution is -0.577. The molecular formula is C20H19ClIN3O2-. The van der Waals surface area contributed by atoms with Crippen molar-refractivity contribution in [3.05, 3.63) is 47.0 Å². The Hall–Kier alpha value is -1.64. The molecule has 0 spiro atoms. The van der Waals surface area contributed by atoms with Gasteiger partial charge in [-0.3, -0.25) is 4.79 Å². The number of piperidine rings is 1. The van der Waals surface area contributed by atoms with Crippen LogP contribution in [0.5, 0.6) is 6.01 Å². The third kappa shape index (κ3) is 4.12. The summed E-state index contributed by atoms with van der Waals surface area (Å²) in [5.41, 5.74) is 4.80. The largest absolute Gasteiger partial charge is 0.699 e. The van der Waals surface area contributed by atoms with Crippen molar-refractivity contribution < 1.29 is 32.4 Å². The number of rotatable bonds is 3. The molecule has 2 heterocycles. The van der Waals surface area contributed by atoms with E-state index in [1.807, 2.05) is 12.1 Å². The van der Waals surface area contributed by atoms with Crippen molar-refractivity contribution >= 4 is 28.6 Å². The molecule has 0 bridgehead atoms. The molecule has 3 aromatic rings. The van der Waals surface area contributed by atoms with Gasteiger partial charge in [0.15, 0.2) is 0 Å². The van der Waals surface area contributed by atoms with E-state index >= 15 is 0 Å². The number of nitrogens with one attached hydrogen (secondary N) is 1. The van der Waals surface area contributed by atoms with E-state index in [-0.39, 0.29) is 6.01 Å². The van der Waals surface area contributed by atoms with Crippen LogP contribution in [0.4, 0.5) is 0 Å². The summed E-state index contributed by atoms with van der Waals surface area (Å²) in [5.74, 6) is 0.213. The van der Waals surface area contributed by atoms with Crippen LogP contribution >= 0.6 is 11.6 Å². The average Bonchev–Trinajstić information content (AvgIpc) is 3.02. The topological polar surface area (TPSA) is 58.2 Å². The number of hydrogen-bond donors (Lipinski definition) is 1. The van der Waals surface area contributed by atoms with Crippen LogP contribution in [0.15, 0.2) is 36.4 Å². The standard InChI is InChI=1S/C20H19ClIN3O2/c1-12(26)27-20-23-18-10-16(17(21)11-19(18)24-20)15-4-2-13(3-5-15)14-6-8-25(22)9-7-14/h2-5,10-11,14H,6-9H2,1H3,(H,23,24)/q-1. The first-order valence-electron chi connectivity index (χ1n) is 8.88. The summed E-state index contributed by atoms with van der Waals surface area (Å²) in [6, 6.07) is 12.6. The molecule has 0 saturated carbocycles. The van der Waals surface area contributed by atoms with Gasteiger partial charge in [-0.25, -0.2) is 0 Å². The van der Waals surface area contributed by atoms with Gasteiger partial charge in [0, 0.05) is 12.5 Å². The second-order valence-corrected chi connectivity index (χ2v) is 8.56. The molecule has 5 nitrogen and oxygen atoms in total. The molecular weight excluding hydrogens is 477 g/mol. The molecule has 1 aromatic heterocycles. The number of esters is 1. The van der Waals surface area contributed by atoms with Gasteiger partial charge in [0.2, 0.25) is 0 Å². The summed E-state index contributed by atoms with van der Waals surface area (Å²) in [6.07, 6.45) is 2.39. The number of fused-ring (bicyclic) bond motifs is 1. The van der Waals surface area contributed by atoms with Crippen LogP contribution in [0.2, 0.25) is 5.02 Å². The molecule has 4 rings (SSSR count). The van der Waals surface area contributed by atoms with Crippen molar-refractivity contribution in [2.45, 2.75) is 25.7 Å². The molecule has 2 aromatic carbocycles. The molecule has 7 heteroatoms. The fourth-order valence-corrected chi connectivity index (χ4v) is 4.36. The van der Waals surface area contributed by atoms with Crippen molar-refractivity contribution in [1.29, 1.82) is 0 Å². The zero-order chi connectivity index (χ0) is 19.0. The van der Waals surface area contributed by atoms with Crippen molar-refractivity contribution in [3.63, 3.8) is 0 Å². The van der Waals surface area contributed by atoms with E-state index in [9.17, 15) is 4.79 Å². The normalized spacial score (nSPS) is 16.0. The lowest BCUT2D eigenvalue weighted by atomic mass is 9.89. The Morgan fingerprint density at radius 1 is 1.26 bits per heavy atom. The quantitative estimate of drug-likeness (QED) is 0.340. The second kappa shape index (κ2) is 7.77. The van der Waals surface area contributed by atoms with Gasteiger partial charge in [-0.2, -0.15) is 4.98 Å². The molecule has 1 saturated heterocycles. The van der Waals surface area contributed by atoms with Crippen LogP contribution in [0.3, 0.4) is 0 Å². The van der Waals surface area contributed by atoms with Gasteiger partial charge >= 0.3 is 12.0 Å². The zero-order valence-electron chi connectivity index (χ0n) is 14.8. The fraction of sp³-hybridized carbons (Fsp3) is 0.300. The second-order valence-electron chi connectivity index (χ2n) is 6.79. The van der Waals surface area contributed by atoms with Crippen LogP contribution in [-0.4, -0.2) is 32.1 Å². The first kappa shape index (κ1) is 18.7. The molecule has 0 amide bonds. The number of aromatic nitrogens is 2. The van der Waals surface area contributed by atoms with Crippen LogP contribution in [0.25, 0.3) is 22.2 Å². The van der Waals surface area contributed by atoms with Gasteiger partial charge in [-0.05, 0) is 55.1 Å². The number of hydrogen-bond acceptors (Lipinski definition) is 4. The van der Waals surface area contributed by atoms with Gasteiger partial charge in [-0.15, -0.1) is 0 Å². The summed E-state index contributed by atoms with van der Waals surface area (Å²) >= 11 is 8.90. The summed E-state index contributed by atoms with van der Waals surface area (Å²) < 4.78 is 7.38. The number of imidazole rings is 1. The van der Waals surface area contributed by atoms with E-state index in [1.54, 1.807) is 0 Å². The molecule has 1 N–H and O–H groups in total. The predicted octanol–water partition coefficient (Wildman–Crippen LogP) is 1.46. The summed E-state index contributed by atoms with van der Waals surface area (Å²) in [4.78, 5) is 18.4. The fourth-order valence-electron chi connectivity index (χ4n) is 3.53. The van der Waals surface area contributed by atoms with Crippen LogP contribution in [0, 0.1) is 0 Å². The number of benzene rings is 2. The summed E-state index contributed by atoms with van der Waals surface area (Å²) in [5, 5.41) is 0.631. The highest BCUT2D eigenvalue weighted by atomic mass is 127. The SMILES string of the molecule is CC(=O)Oc1nc2cc(-c3ccc(C4CCN([I-])CC4)cc3)c(Cl)cc2[nH]1. The molecule has 1 radical (unpaired) electrons. The Morgan fingerprint density at radius 3 is 2.63 bits per heavy atom. The third-order valence-corrected chi connectivity index (χ3v) is 6.20. The van der Waals surface area contributed by atoms with Crippen molar-refractivity contribution in [2.75, 3.05) is 13.1 Å². The average molecular weight is 496 g/mol. The number of aromatic amines is 1. The number of nitrogens with zero attached hydrogens (tertiary/aromatic N) is 2. The van der Waals surface area contributed by atoms with E-state index in [0.717, 1.165) is 29.7 Å². The van der Waals surface area contributed by atoms with Gasteiger partial charge in [0.25, 0.3) is 0 Å². The Labute approximate surface area is 176 Å². The minimum absolute atomic E-state index is 0.183. The van der Waals surface area contributed by atoms with Crippen molar-refractivity contribution in [1.82, 2.24) is 13.1 Å². The molecule has 1 fully saturated rings. The smallest absolute Gasteiger partial charge is 0.310 e. The first-order valence-corrected chi connectivity index (χ1v) is 10.2. The van der Waals surface area contributed by atoms with Gasteiger partial charge in [-0.1, -0.05) is 35.9 Å². The Kier molecular flexibility index (Phi) is 5.39. The first-order chi connectivity index (χ1) is 13.0. The zero-order valence-corrected chi connectivity index (χ0v) is 17.8. The van der Waals surface area contributed by atoms with Gasteiger partial charge in [0.05, 0.1) is 16.1 Å². The minimum atomic E-state index is -0.413. The van der Waals surface area contributed by atoms with Crippen LogP contribution < -0.4 is 27.6 Å². The maximum Gasteiger partial charge on any atom is 0.310 e. The highest BCUT2D eigenvalue weighted by Crippen LogP contribution is 2.34. The van der Waals surface area contributed by atoms with E-state index < -0.39 is 5.97 Å². The van der Waals surface area contributed by atoms with E-state index in [4.69, 9.17) is 16.3 Å². The van der Waals surface area contributed by atoms with Crippen molar-refractivity contribution in [2.24, 2.45) is 0 Å².